The molecule has 3 heteroatoms. The number of aryl methyl sites for hydroxylation is 1. The van der Waals surface area contributed by atoms with Crippen LogP contribution in [0.1, 0.15) is 37.1 Å². The van der Waals surface area contributed by atoms with Gasteiger partial charge in [0.15, 0.2) is 0 Å². The van der Waals surface area contributed by atoms with Crippen LogP contribution in [0.3, 0.4) is 0 Å². The molecule has 1 aromatic heterocycles. The number of benzene rings is 1. The van der Waals surface area contributed by atoms with Crippen molar-refractivity contribution >= 4 is 26.8 Å². The summed E-state index contributed by atoms with van der Waals surface area (Å²) in [5.74, 6) is 0.624. The number of halogens is 1. The molecule has 0 aliphatic heterocycles. The highest BCUT2D eigenvalue weighted by Crippen LogP contribution is 2.38. The Labute approximate surface area is 110 Å². The van der Waals surface area contributed by atoms with Crippen LogP contribution in [-0.2, 0) is 6.42 Å². The molecule has 2 aromatic rings. The third kappa shape index (κ3) is 1.72. The summed E-state index contributed by atoms with van der Waals surface area (Å²) in [6.45, 7) is 2.23. The van der Waals surface area contributed by atoms with Gasteiger partial charge in [-0.1, -0.05) is 29.3 Å². The molecule has 3 N–H and O–H groups in total. The Bertz CT molecular complexity index is 559. The molecule has 0 radical (unpaired) electrons. The zero-order valence-corrected chi connectivity index (χ0v) is 11.5. The lowest BCUT2D eigenvalue weighted by atomic mass is 9.82. The van der Waals surface area contributed by atoms with E-state index in [2.05, 4.69) is 46.0 Å². The van der Waals surface area contributed by atoms with Gasteiger partial charge in [-0.25, -0.2) is 0 Å². The molecule has 0 saturated carbocycles. The van der Waals surface area contributed by atoms with E-state index in [-0.39, 0.29) is 6.04 Å². The van der Waals surface area contributed by atoms with Crippen molar-refractivity contribution in [3.05, 3.63) is 33.9 Å². The van der Waals surface area contributed by atoms with Crippen LogP contribution in [-0.4, -0.2) is 4.98 Å². The summed E-state index contributed by atoms with van der Waals surface area (Å²) in [4.78, 5) is 3.51. The topological polar surface area (TPSA) is 41.8 Å². The maximum atomic E-state index is 6.36. The molecule has 1 heterocycles. The van der Waals surface area contributed by atoms with Gasteiger partial charge < -0.3 is 10.7 Å². The number of hydrogen-bond acceptors (Lipinski definition) is 1. The molecule has 1 aromatic carbocycles. The Morgan fingerprint density at radius 1 is 1.47 bits per heavy atom. The molecule has 17 heavy (non-hydrogen) atoms. The molecule has 0 spiro atoms. The highest BCUT2D eigenvalue weighted by atomic mass is 79.9. The average Bonchev–Trinajstić information content (AvgIpc) is 2.69. The third-order valence-corrected chi connectivity index (χ3v) is 4.53. The van der Waals surface area contributed by atoms with Crippen molar-refractivity contribution in [2.45, 2.75) is 32.2 Å². The molecular formula is C14H17BrN2. The summed E-state index contributed by atoms with van der Waals surface area (Å²) in [6.07, 6.45) is 3.53. The van der Waals surface area contributed by atoms with E-state index < -0.39 is 0 Å². The van der Waals surface area contributed by atoms with Crippen molar-refractivity contribution in [3.63, 3.8) is 0 Å². The second-order valence-electron chi connectivity index (χ2n) is 4.94. The highest BCUT2D eigenvalue weighted by molar-refractivity contribution is 9.10. The van der Waals surface area contributed by atoms with Crippen molar-refractivity contribution in [3.8, 4) is 0 Å². The quantitative estimate of drug-likeness (QED) is 0.822. The molecule has 0 bridgehead atoms. The minimum atomic E-state index is 0.176. The number of nitrogens with two attached hydrogens (primary N) is 1. The molecule has 0 amide bonds. The van der Waals surface area contributed by atoms with Gasteiger partial charge in [0.1, 0.15) is 0 Å². The van der Waals surface area contributed by atoms with E-state index in [1.807, 2.05) is 0 Å². The Balaban J connectivity index is 2.18. The van der Waals surface area contributed by atoms with Gasteiger partial charge >= 0.3 is 0 Å². The largest absolute Gasteiger partial charge is 0.357 e. The van der Waals surface area contributed by atoms with Gasteiger partial charge in [-0.2, -0.15) is 0 Å². The van der Waals surface area contributed by atoms with Gasteiger partial charge in [0, 0.05) is 27.1 Å². The molecule has 2 nitrogen and oxygen atoms in total. The normalized spacial score (nSPS) is 23.9. The van der Waals surface area contributed by atoms with Crippen molar-refractivity contribution in [2.75, 3.05) is 0 Å². The lowest BCUT2D eigenvalue weighted by Gasteiger charge is -2.27. The monoisotopic (exact) mass is 292 g/mol. The van der Waals surface area contributed by atoms with E-state index in [0.717, 1.165) is 10.9 Å². The third-order valence-electron chi connectivity index (χ3n) is 4.03. The molecule has 1 aliphatic carbocycles. The second kappa shape index (κ2) is 4.14. The van der Waals surface area contributed by atoms with E-state index in [1.165, 1.54) is 35.0 Å². The van der Waals surface area contributed by atoms with E-state index in [4.69, 9.17) is 5.73 Å². The van der Waals surface area contributed by atoms with Crippen LogP contribution in [0.15, 0.2) is 22.7 Å². The maximum absolute atomic E-state index is 6.36. The van der Waals surface area contributed by atoms with Crippen molar-refractivity contribution in [1.82, 2.24) is 4.98 Å². The first-order chi connectivity index (χ1) is 8.20. The second-order valence-corrected chi connectivity index (χ2v) is 5.86. The number of rotatable bonds is 1. The number of aromatic nitrogens is 1. The minimum absolute atomic E-state index is 0.176. The predicted octanol–water partition coefficient (Wildman–Crippen LogP) is 3.90. The SMILES string of the molecule is CCC1CCc2c([nH]c3ccc(Br)cc23)[C@@H]1N. The first kappa shape index (κ1) is 11.3. The smallest absolute Gasteiger partial charge is 0.0479 e. The molecule has 3 rings (SSSR count). The number of H-pyrrole nitrogens is 1. The zero-order valence-electron chi connectivity index (χ0n) is 9.96. The molecular weight excluding hydrogens is 276 g/mol. The summed E-state index contributed by atoms with van der Waals surface area (Å²) in [5, 5.41) is 1.33. The molecule has 0 saturated heterocycles. The standard InChI is InChI=1S/C14H17BrN2/c1-2-8-3-5-10-11-7-9(15)4-6-12(11)17-14(10)13(8)16/h4,6-8,13,17H,2-3,5,16H2,1H3/t8?,13-/m1/s1. The van der Waals surface area contributed by atoms with Gasteiger partial charge in [0.05, 0.1) is 0 Å². The summed E-state index contributed by atoms with van der Waals surface area (Å²) in [5.41, 5.74) is 10.3. The zero-order chi connectivity index (χ0) is 12.0. The van der Waals surface area contributed by atoms with Gasteiger partial charge in [0.2, 0.25) is 0 Å². The van der Waals surface area contributed by atoms with E-state index in [9.17, 15) is 0 Å². The molecule has 1 unspecified atom stereocenters. The summed E-state index contributed by atoms with van der Waals surface area (Å²) < 4.78 is 1.14. The van der Waals surface area contributed by atoms with E-state index in [1.54, 1.807) is 0 Å². The van der Waals surface area contributed by atoms with Crippen LogP contribution in [0.4, 0.5) is 0 Å². The van der Waals surface area contributed by atoms with Crippen LogP contribution in [0, 0.1) is 5.92 Å². The Morgan fingerprint density at radius 3 is 3.06 bits per heavy atom. The molecule has 0 fully saturated rings. The molecule has 90 valence electrons. The van der Waals surface area contributed by atoms with Gasteiger partial charge in [-0.15, -0.1) is 0 Å². The van der Waals surface area contributed by atoms with Crippen LogP contribution in [0.25, 0.3) is 10.9 Å². The van der Waals surface area contributed by atoms with E-state index in [0.29, 0.717) is 5.92 Å². The predicted molar refractivity (Wildman–Crippen MR) is 75.0 cm³/mol. The molecule has 2 atom stereocenters. The van der Waals surface area contributed by atoms with Crippen LogP contribution in [0.5, 0.6) is 0 Å². The van der Waals surface area contributed by atoms with Gasteiger partial charge in [-0.05, 0) is 42.5 Å². The van der Waals surface area contributed by atoms with Gasteiger partial charge in [0.25, 0.3) is 0 Å². The summed E-state index contributed by atoms with van der Waals surface area (Å²) in [6, 6.07) is 6.58. The maximum Gasteiger partial charge on any atom is 0.0479 e. The first-order valence-electron chi connectivity index (χ1n) is 6.26. The number of fused-ring (bicyclic) bond motifs is 3. The fourth-order valence-electron chi connectivity index (χ4n) is 3.00. The summed E-state index contributed by atoms with van der Waals surface area (Å²) >= 11 is 3.54. The Hall–Kier alpha value is -0.800. The Morgan fingerprint density at radius 2 is 2.29 bits per heavy atom. The van der Waals surface area contributed by atoms with Gasteiger partial charge in [-0.3, -0.25) is 0 Å². The molecule has 1 aliphatic rings. The van der Waals surface area contributed by atoms with Crippen molar-refractivity contribution < 1.29 is 0 Å². The fourth-order valence-corrected chi connectivity index (χ4v) is 3.36. The van der Waals surface area contributed by atoms with Crippen LogP contribution >= 0.6 is 15.9 Å². The fraction of sp³-hybridized carbons (Fsp3) is 0.429. The number of aromatic amines is 1. The average molecular weight is 293 g/mol. The number of hydrogen-bond donors (Lipinski definition) is 2. The van der Waals surface area contributed by atoms with Crippen LogP contribution < -0.4 is 5.73 Å². The summed E-state index contributed by atoms with van der Waals surface area (Å²) in [7, 11) is 0. The lowest BCUT2D eigenvalue weighted by Crippen LogP contribution is -2.26. The van der Waals surface area contributed by atoms with Crippen LogP contribution in [0.2, 0.25) is 0 Å². The van der Waals surface area contributed by atoms with Crippen molar-refractivity contribution in [1.29, 1.82) is 0 Å². The minimum Gasteiger partial charge on any atom is -0.357 e. The Kier molecular flexibility index (Phi) is 2.75. The van der Waals surface area contributed by atoms with Crippen molar-refractivity contribution in [2.24, 2.45) is 11.7 Å². The lowest BCUT2D eigenvalue weighted by molar-refractivity contribution is 0.364. The highest BCUT2D eigenvalue weighted by Gasteiger charge is 2.28. The van der Waals surface area contributed by atoms with E-state index >= 15 is 0 Å². The number of nitrogens with one attached hydrogen (secondary N) is 1. The first-order valence-corrected chi connectivity index (χ1v) is 7.05.